The smallest absolute Gasteiger partial charge is 0.325 e. The van der Waals surface area contributed by atoms with Gasteiger partial charge in [-0.1, -0.05) is 6.92 Å². The standard InChI is InChI=1S/C9H18N2O3/c1-5-6(2)11(4)9(14)10-7(3)8(12)13/h6-7H,5H2,1-4H3,(H,10,14)(H,12,13)/t6?,7-/m0/s1. The molecule has 0 spiro atoms. The van der Waals surface area contributed by atoms with E-state index in [0.717, 1.165) is 6.42 Å². The molecule has 2 amide bonds. The minimum absolute atomic E-state index is 0.107. The van der Waals surface area contributed by atoms with E-state index >= 15 is 0 Å². The molecule has 0 aliphatic heterocycles. The molecule has 0 aliphatic carbocycles. The minimum Gasteiger partial charge on any atom is -0.480 e. The topological polar surface area (TPSA) is 69.6 Å². The number of urea groups is 1. The van der Waals surface area contributed by atoms with Gasteiger partial charge in [-0.25, -0.2) is 4.79 Å². The predicted octanol–water partition coefficient (Wildman–Crippen LogP) is 0.899. The number of nitrogens with zero attached hydrogens (tertiary/aromatic N) is 1. The number of hydrogen-bond acceptors (Lipinski definition) is 2. The van der Waals surface area contributed by atoms with Crippen LogP contribution >= 0.6 is 0 Å². The molecule has 5 nitrogen and oxygen atoms in total. The van der Waals surface area contributed by atoms with Gasteiger partial charge in [0, 0.05) is 13.1 Å². The first kappa shape index (κ1) is 12.7. The third-order valence-electron chi connectivity index (χ3n) is 2.28. The Hall–Kier alpha value is -1.26. The van der Waals surface area contributed by atoms with Crippen molar-refractivity contribution in [3.8, 4) is 0 Å². The highest BCUT2D eigenvalue weighted by molar-refractivity contribution is 5.82. The van der Waals surface area contributed by atoms with Crippen molar-refractivity contribution >= 4 is 12.0 Å². The summed E-state index contributed by atoms with van der Waals surface area (Å²) in [6.07, 6.45) is 0.839. The number of rotatable bonds is 4. The van der Waals surface area contributed by atoms with Gasteiger partial charge in [0.25, 0.3) is 0 Å². The van der Waals surface area contributed by atoms with E-state index < -0.39 is 12.0 Å². The molecule has 14 heavy (non-hydrogen) atoms. The van der Waals surface area contributed by atoms with E-state index in [-0.39, 0.29) is 12.1 Å². The molecule has 0 aromatic heterocycles. The first-order chi connectivity index (χ1) is 6.40. The van der Waals surface area contributed by atoms with Crippen molar-refractivity contribution in [1.82, 2.24) is 10.2 Å². The highest BCUT2D eigenvalue weighted by Crippen LogP contribution is 2.00. The summed E-state index contributed by atoms with van der Waals surface area (Å²) in [7, 11) is 1.65. The molecule has 0 heterocycles. The van der Waals surface area contributed by atoms with Gasteiger partial charge in [-0.05, 0) is 20.3 Å². The van der Waals surface area contributed by atoms with Gasteiger partial charge in [0.05, 0.1) is 0 Å². The normalized spacial score (nSPS) is 14.3. The van der Waals surface area contributed by atoms with Gasteiger partial charge in [0.1, 0.15) is 6.04 Å². The predicted molar refractivity (Wildman–Crippen MR) is 53.1 cm³/mol. The maximum Gasteiger partial charge on any atom is 0.325 e. The van der Waals surface area contributed by atoms with Gasteiger partial charge in [0.2, 0.25) is 0 Å². The van der Waals surface area contributed by atoms with Crippen molar-refractivity contribution in [3.05, 3.63) is 0 Å². The van der Waals surface area contributed by atoms with Gasteiger partial charge >= 0.3 is 12.0 Å². The molecule has 1 unspecified atom stereocenters. The second-order valence-corrected chi connectivity index (χ2v) is 3.38. The number of aliphatic carboxylic acids is 1. The maximum atomic E-state index is 11.4. The molecule has 0 saturated carbocycles. The van der Waals surface area contributed by atoms with Crippen LogP contribution in [0.1, 0.15) is 27.2 Å². The molecule has 2 N–H and O–H groups in total. The number of carbonyl (C=O) groups is 2. The van der Waals surface area contributed by atoms with Crippen LogP contribution in [0.25, 0.3) is 0 Å². The van der Waals surface area contributed by atoms with Crippen molar-refractivity contribution in [2.75, 3.05) is 7.05 Å². The van der Waals surface area contributed by atoms with Crippen LogP contribution < -0.4 is 5.32 Å². The van der Waals surface area contributed by atoms with Gasteiger partial charge < -0.3 is 15.3 Å². The minimum atomic E-state index is -1.03. The summed E-state index contributed by atoms with van der Waals surface area (Å²) in [5.41, 5.74) is 0. The van der Waals surface area contributed by atoms with E-state index in [0.29, 0.717) is 0 Å². The Morgan fingerprint density at radius 1 is 1.43 bits per heavy atom. The Balaban J connectivity index is 4.14. The van der Waals surface area contributed by atoms with Crippen LogP contribution in [0.3, 0.4) is 0 Å². The second kappa shape index (κ2) is 5.47. The molecule has 0 fully saturated rings. The molecule has 82 valence electrons. The highest BCUT2D eigenvalue weighted by Gasteiger charge is 2.18. The quantitative estimate of drug-likeness (QED) is 0.711. The fourth-order valence-corrected chi connectivity index (χ4v) is 0.823. The Morgan fingerprint density at radius 2 is 1.93 bits per heavy atom. The second-order valence-electron chi connectivity index (χ2n) is 3.38. The fourth-order valence-electron chi connectivity index (χ4n) is 0.823. The SMILES string of the molecule is CCC(C)N(C)C(=O)N[C@@H](C)C(=O)O. The van der Waals surface area contributed by atoms with Crippen LogP contribution in [0.15, 0.2) is 0 Å². The molecule has 0 bridgehead atoms. The lowest BCUT2D eigenvalue weighted by Gasteiger charge is -2.25. The summed E-state index contributed by atoms with van der Waals surface area (Å²) in [4.78, 5) is 23.4. The van der Waals surface area contributed by atoms with E-state index in [4.69, 9.17) is 5.11 Å². The number of carbonyl (C=O) groups excluding carboxylic acids is 1. The number of carboxylic acids is 1. The largest absolute Gasteiger partial charge is 0.480 e. The van der Waals surface area contributed by atoms with Gasteiger partial charge in [-0.15, -0.1) is 0 Å². The Labute approximate surface area is 84.1 Å². The molecule has 2 atom stereocenters. The average molecular weight is 202 g/mol. The summed E-state index contributed by atoms with van der Waals surface area (Å²) < 4.78 is 0. The maximum absolute atomic E-state index is 11.4. The fraction of sp³-hybridized carbons (Fsp3) is 0.778. The lowest BCUT2D eigenvalue weighted by Crippen LogP contribution is -2.47. The van der Waals surface area contributed by atoms with Crippen molar-refractivity contribution in [2.24, 2.45) is 0 Å². The van der Waals surface area contributed by atoms with Crippen LogP contribution in [0.5, 0.6) is 0 Å². The monoisotopic (exact) mass is 202 g/mol. The molecule has 0 aromatic carbocycles. The lowest BCUT2D eigenvalue weighted by atomic mass is 10.2. The average Bonchev–Trinajstić information content (AvgIpc) is 2.14. The van der Waals surface area contributed by atoms with Gasteiger partial charge in [0.15, 0.2) is 0 Å². The third-order valence-corrected chi connectivity index (χ3v) is 2.28. The number of hydrogen-bond donors (Lipinski definition) is 2. The van der Waals surface area contributed by atoms with Gasteiger partial charge in [-0.2, -0.15) is 0 Å². The molecular weight excluding hydrogens is 184 g/mol. The summed E-state index contributed by atoms with van der Waals surface area (Å²) in [6.45, 7) is 5.31. The molecule has 0 saturated heterocycles. The Kier molecular flexibility index (Phi) is 4.97. The first-order valence-corrected chi connectivity index (χ1v) is 4.66. The summed E-state index contributed by atoms with van der Waals surface area (Å²) in [5.74, 6) is -1.03. The van der Waals surface area contributed by atoms with E-state index in [1.165, 1.54) is 11.8 Å². The van der Waals surface area contributed by atoms with Gasteiger partial charge in [-0.3, -0.25) is 4.79 Å². The summed E-state index contributed by atoms with van der Waals surface area (Å²) in [5, 5.41) is 11.0. The molecule has 5 heteroatoms. The van der Waals surface area contributed by atoms with Crippen LogP contribution in [-0.2, 0) is 4.79 Å². The molecule has 0 aliphatic rings. The van der Waals surface area contributed by atoms with E-state index in [1.54, 1.807) is 7.05 Å². The van der Waals surface area contributed by atoms with Crippen molar-refractivity contribution in [2.45, 2.75) is 39.3 Å². The number of nitrogens with one attached hydrogen (secondary N) is 1. The Bertz CT molecular complexity index is 218. The molecule has 0 rings (SSSR count). The number of carboxylic acid groups (broad SMARTS) is 1. The summed E-state index contributed by atoms with van der Waals surface area (Å²) >= 11 is 0. The number of amides is 2. The van der Waals surface area contributed by atoms with E-state index in [9.17, 15) is 9.59 Å². The Morgan fingerprint density at radius 3 is 2.29 bits per heavy atom. The van der Waals surface area contributed by atoms with Crippen LogP contribution in [0, 0.1) is 0 Å². The first-order valence-electron chi connectivity index (χ1n) is 4.66. The van der Waals surface area contributed by atoms with Crippen molar-refractivity contribution in [1.29, 1.82) is 0 Å². The zero-order valence-corrected chi connectivity index (χ0v) is 9.07. The molecule has 0 radical (unpaired) electrons. The zero-order chi connectivity index (χ0) is 11.3. The van der Waals surface area contributed by atoms with Crippen LogP contribution in [-0.4, -0.2) is 41.1 Å². The van der Waals surface area contributed by atoms with Crippen LogP contribution in [0.2, 0.25) is 0 Å². The highest BCUT2D eigenvalue weighted by atomic mass is 16.4. The lowest BCUT2D eigenvalue weighted by molar-refractivity contribution is -0.138. The molecule has 0 aromatic rings. The van der Waals surface area contributed by atoms with Crippen molar-refractivity contribution in [3.63, 3.8) is 0 Å². The van der Waals surface area contributed by atoms with E-state index in [2.05, 4.69) is 5.32 Å². The van der Waals surface area contributed by atoms with E-state index in [1.807, 2.05) is 13.8 Å². The summed E-state index contributed by atoms with van der Waals surface area (Å²) in [6, 6.07) is -1.10. The van der Waals surface area contributed by atoms with Crippen LogP contribution in [0.4, 0.5) is 4.79 Å². The third kappa shape index (κ3) is 3.64. The molecular formula is C9H18N2O3. The van der Waals surface area contributed by atoms with Crippen molar-refractivity contribution < 1.29 is 14.7 Å². The zero-order valence-electron chi connectivity index (χ0n) is 9.07.